The number of benzene rings is 2. The van der Waals surface area contributed by atoms with Crippen molar-refractivity contribution in [2.24, 2.45) is 0 Å². The average molecular weight is 396 g/mol. The Balaban J connectivity index is 1.58. The van der Waals surface area contributed by atoms with Crippen molar-refractivity contribution in [1.29, 1.82) is 0 Å². The largest absolute Gasteiger partial charge is 0.368 e. The number of amides is 1. The van der Waals surface area contributed by atoms with Crippen LogP contribution in [0.2, 0.25) is 15.1 Å². The molecule has 0 bridgehead atoms. The minimum Gasteiger partial charge on any atom is -0.368 e. The second-order valence-corrected chi connectivity index (χ2v) is 7.05. The molecule has 1 aliphatic heterocycles. The Morgan fingerprint density at radius 1 is 0.920 bits per heavy atom. The van der Waals surface area contributed by atoms with Crippen molar-refractivity contribution in [3.05, 3.63) is 69.2 Å². The van der Waals surface area contributed by atoms with Gasteiger partial charge in [-0.25, -0.2) is 0 Å². The highest BCUT2D eigenvalue weighted by Crippen LogP contribution is 2.23. The smallest absolute Gasteiger partial charge is 0.246 e. The molecular formula is C19H17Cl3N2O. The lowest BCUT2D eigenvalue weighted by atomic mass is 10.2. The topological polar surface area (TPSA) is 23.6 Å². The summed E-state index contributed by atoms with van der Waals surface area (Å²) in [4.78, 5) is 16.4. The fraction of sp³-hybridized carbons (Fsp3) is 0.211. The third kappa shape index (κ3) is 4.69. The van der Waals surface area contributed by atoms with E-state index in [9.17, 15) is 4.79 Å². The Morgan fingerprint density at radius 3 is 2.36 bits per heavy atom. The number of piperazine rings is 1. The first-order valence-electron chi connectivity index (χ1n) is 7.95. The van der Waals surface area contributed by atoms with E-state index in [2.05, 4.69) is 4.90 Å². The third-order valence-electron chi connectivity index (χ3n) is 4.13. The van der Waals surface area contributed by atoms with Crippen LogP contribution in [-0.4, -0.2) is 37.0 Å². The van der Waals surface area contributed by atoms with Crippen molar-refractivity contribution in [3.63, 3.8) is 0 Å². The van der Waals surface area contributed by atoms with E-state index in [1.165, 1.54) is 0 Å². The van der Waals surface area contributed by atoms with Crippen molar-refractivity contribution in [2.45, 2.75) is 0 Å². The van der Waals surface area contributed by atoms with E-state index in [-0.39, 0.29) is 5.91 Å². The maximum Gasteiger partial charge on any atom is 0.246 e. The van der Waals surface area contributed by atoms with Crippen molar-refractivity contribution >= 4 is 52.5 Å². The summed E-state index contributed by atoms with van der Waals surface area (Å²) in [6.45, 7) is 2.92. The Morgan fingerprint density at radius 2 is 1.68 bits per heavy atom. The standard InChI is InChI=1S/C19H17Cl3N2O/c20-15-2-1-3-16(13-15)23-8-10-24(11-9-23)19(25)7-5-14-4-6-17(21)18(22)12-14/h1-7,12-13H,8-11H2. The van der Waals surface area contributed by atoms with Gasteiger partial charge in [0, 0.05) is 43.0 Å². The first kappa shape index (κ1) is 18.1. The number of carbonyl (C=O) groups is 1. The number of rotatable bonds is 3. The molecule has 1 amide bonds. The summed E-state index contributed by atoms with van der Waals surface area (Å²) in [6, 6.07) is 13.1. The summed E-state index contributed by atoms with van der Waals surface area (Å²) in [7, 11) is 0. The second-order valence-electron chi connectivity index (χ2n) is 5.80. The molecule has 1 saturated heterocycles. The van der Waals surface area contributed by atoms with Crippen LogP contribution in [-0.2, 0) is 4.79 Å². The van der Waals surface area contributed by atoms with Crippen LogP contribution >= 0.6 is 34.8 Å². The van der Waals surface area contributed by atoms with E-state index in [4.69, 9.17) is 34.8 Å². The summed E-state index contributed by atoms with van der Waals surface area (Å²) in [5.41, 5.74) is 1.94. The van der Waals surface area contributed by atoms with Crippen LogP contribution < -0.4 is 4.90 Å². The van der Waals surface area contributed by atoms with Crippen LogP contribution in [0.5, 0.6) is 0 Å². The van der Waals surface area contributed by atoms with Crippen LogP contribution in [0.4, 0.5) is 5.69 Å². The lowest BCUT2D eigenvalue weighted by molar-refractivity contribution is -0.126. The normalized spacial score (nSPS) is 15.0. The maximum atomic E-state index is 12.4. The lowest BCUT2D eigenvalue weighted by Gasteiger charge is -2.35. The van der Waals surface area contributed by atoms with Gasteiger partial charge in [-0.05, 0) is 42.0 Å². The van der Waals surface area contributed by atoms with Gasteiger partial charge in [-0.1, -0.05) is 46.9 Å². The molecule has 2 aromatic rings. The summed E-state index contributed by atoms with van der Waals surface area (Å²) in [5.74, 6) is -0.00295. The zero-order chi connectivity index (χ0) is 17.8. The molecule has 0 N–H and O–H groups in total. The minimum atomic E-state index is -0.00295. The molecule has 3 rings (SSSR count). The quantitative estimate of drug-likeness (QED) is 0.682. The highest BCUT2D eigenvalue weighted by molar-refractivity contribution is 6.42. The van der Waals surface area contributed by atoms with Gasteiger partial charge in [0.2, 0.25) is 5.91 Å². The molecule has 0 aliphatic carbocycles. The third-order valence-corrected chi connectivity index (χ3v) is 5.10. The molecule has 0 spiro atoms. The molecule has 1 aliphatic rings. The molecule has 3 nitrogen and oxygen atoms in total. The summed E-state index contributed by atoms with van der Waals surface area (Å²) in [6.07, 6.45) is 3.34. The number of hydrogen-bond donors (Lipinski definition) is 0. The molecule has 0 radical (unpaired) electrons. The zero-order valence-electron chi connectivity index (χ0n) is 13.5. The molecule has 0 saturated carbocycles. The van der Waals surface area contributed by atoms with Crippen molar-refractivity contribution < 1.29 is 4.79 Å². The van der Waals surface area contributed by atoms with Gasteiger partial charge in [0.1, 0.15) is 0 Å². The lowest BCUT2D eigenvalue weighted by Crippen LogP contribution is -2.48. The van der Waals surface area contributed by atoms with Gasteiger partial charge in [0.05, 0.1) is 10.0 Å². The van der Waals surface area contributed by atoms with E-state index in [0.29, 0.717) is 23.1 Å². The first-order chi connectivity index (χ1) is 12.0. The van der Waals surface area contributed by atoms with Crippen molar-refractivity contribution in [3.8, 4) is 0 Å². The van der Waals surface area contributed by atoms with Gasteiger partial charge in [-0.15, -0.1) is 0 Å². The molecular weight excluding hydrogens is 379 g/mol. The fourth-order valence-electron chi connectivity index (χ4n) is 2.75. The number of halogens is 3. The molecule has 0 unspecified atom stereocenters. The van der Waals surface area contributed by atoms with Crippen molar-refractivity contribution in [1.82, 2.24) is 4.90 Å². The van der Waals surface area contributed by atoms with Crippen molar-refractivity contribution in [2.75, 3.05) is 31.1 Å². The van der Waals surface area contributed by atoms with Crippen LogP contribution in [0.15, 0.2) is 48.5 Å². The molecule has 1 fully saturated rings. The molecule has 0 atom stereocenters. The summed E-state index contributed by atoms with van der Waals surface area (Å²) >= 11 is 17.9. The molecule has 1 heterocycles. The monoisotopic (exact) mass is 394 g/mol. The number of anilines is 1. The van der Waals surface area contributed by atoms with E-state index < -0.39 is 0 Å². The predicted octanol–water partition coefficient (Wildman–Crippen LogP) is 5.01. The fourth-order valence-corrected chi connectivity index (χ4v) is 3.24. The highest BCUT2D eigenvalue weighted by atomic mass is 35.5. The average Bonchev–Trinajstić information content (AvgIpc) is 2.62. The number of nitrogens with zero attached hydrogens (tertiary/aromatic N) is 2. The maximum absolute atomic E-state index is 12.4. The van der Waals surface area contributed by atoms with Gasteiger partial charge < -0.3 is 9.80 Å². The van der Waals surface area contributed by atoms with Gasteiger partial charge in [-0.3, -0.25) is 4.79 Å². The van der Waals surface area contributed by atoms with Gasteiger partial charge in [0.15, 0.2) is 0 Å². The summed E-state index contributed by atoms with van der Waals surface area (Å²) < 4.78 is 0. The van der Waals surface area contributed by atoms with E-state index >= 15 is 0 Å². The number of hydrogen-bond acceptors (Lipinski definition) is 2. The molecule has 6 heteroatoms. The predicted molar refractivity (Wildman–Crippen MR) is 106 cm³/mol. The molecule has 0 aromatic heterocycles. The first-order valence-corrected chi connectivity index (χ1v) is 9.09. The SMILES string of the molecule is O=C(C=Cc1ccc(Cl)c(Cl)c1)N1CCN(c2cccc(Cl)c2)CC1. The Labute approximate surface area is 162 Å². The Kier molecular flexibility index (Phi) is 5.89. The second kappa shape index (κ2) is 8.13. The molecule has 25 heavy (non-hydrogen) atoms. The molecule has 2 aromatic carbocycles. The van der Waals surface area contributed by atoms with Gasteiger partial charge in [0.25, 0.3) is 0 Å². The van der Waals surface area contributed by atoms with Crippen LogP contribution in [0.25, 0.3) is 6.08 Å². The Bertz CT molecular complexity index is 799. The Hall–Kier alpha value is -1.68. The van der Waals surface area contributed by atoms with E-state index in [1.807, 2.05) is 35.2 Å². The van der Waals surface area contributed by atoms with E-state index in [1.54, 1.807) is 24.3 Å². The van der Waals surface area contributed by atoms with Crippen LogP contribution in [0.3, 0.4) is 0 Å². The highest BCUT2D eigenvalue weighted by Gasteiger charge is 2.19. The zero-order valence-corrected chi connectivity index (χ0v) is 15.7. The van der Waals surface area contributed by atoms with Gasteiger partial charge in [-0.2, -0.15) is 0 Å². The van der Waals surface area contributed by atoms with E-state index in [0.717, 1.165) is 29.4 Å². The van der Waals surface area contributed by atoms with Crippen LogP contribution in [0, 0.1) is 0 Å². The number of carbonyl (C=O) groups excluding carboxylic acids is 1. The van der Waals surface area contributed by atoms with Crippen LogP contribution in [0.1, 0.15) is 5.56 Å². The van der Waals surface area contributed by atoms with Gasteiger partial charge >= 0.3 is 0 Å². The minimum absolute atomic E-state index is 0.00295. The molecule has 130 valence electrons. The summed E-state index contributed by atoms with van der Waals surface area (Å²) in [5, 5.41) is 1.70.